The SMILES string of the molecule is O=C(Nc1ccc(O)c(-c2cc(C3CC3)n(C(=O)NCc3ccc(F)cc3)n2)c1)c1cccnc1Cl. The summed E-state index contributed by atoms with van der Waals surface area (Å²) in [6, 6.07) is 14.9. The molecule has 182 valence electrons. The summed E-state index contributed by atoms with van der Waals surface area (Å²) in [5.74, 6) is -0.652. The average molecular weight is 506 g/mol. The van der Waals surface area contributed by atoms with Crippen molar-refractivity contribution < 1.29 is 19.1 Å². The summed E-state index contributed by atoms with van der Waals surface area (Å²) in [4.78, 5) is 29.5. The van der Waals surface area contributed by atoms with Crippen LogP contribution in [0, 0.1) is 5.82 Å². The van der Waals surface area contributed by atoms with Crippen LogP contribution >= 0.6 is 11.6 Å². The summed E-state index contributed by atoms with van der Waals surface area (Å²) in [6.45, 7) is 0.210. The van der Waals surface area contributed by atoms with Crippen molar-refractivity contribution in [3.8, 4) is 17.0 Å². The van der Waals surface area contributed by atoms with E-state index in [1.165, 1.54) is 29.1 Å². The summed E-state index contributed by atoms with van der Waals surface area (Å²) >= 11 is 6.02. The molecule has 2 heterocycles. The smallest absolute Gasteiger partial charge is 0.342 e. The Labute approximate surface area is 210 Å². The van der Waals surface area contributed by atoms with Gasteiger partial charge < -0.3 is 15.7 Å². The second-order valence-corrected chi connectivity index (χ2v) is 8.81. The van der Waals surface area contributed by atoms with E-state index in [0.29, 0.717) is 16.9 Å². The maximum atomic E-state index is 13.1. The fourth-order valence-electron chi connectivity index (χ4n) is 3.79. The molecule has 36 heavy (non-hydrogen) atoms. The van der Waals surface area contributed by atoms with Crippen molar-refractivity contribution >= 4 is 29.2 Å². The Hall–Kier alpha value is -4.24. The summed E-state index contributed by atoms with van der Waals surface area (Å²) in [5.41, 5.74) is 2.86. The van der Waals surface area contributed by atoms with Gasteiger partial charge in [0, 0.05) is 29.9 Å². The molecule has 2 aromatic carbocycles. The molecule has 1 aliphatic carbocycles. The Morgan fingerprint density at radius 3 is 2.61 bits per heavy atom. The van der Waals surface area contributed by atoms with Gasteiger partial charge in [-0.2, -0.15) is 9.78 Å². The first kappa shape index (κ1) is 23.5. The lowest BCUT2D eigenvalue weighted by atomic mass is 10.1. The van der Waals surface area contributed by atoms with E-state index in [-0.39, 0.29) is 34.7 Å². The number of rotatable bonds is 6. The van der Waals surface area contributed by atoms with Crippen LogP contribution in [-0.4, -0.2) is 31.8 Å². The number of benzene rings is 2. The molecule has 2 amide bonds. The molecule has 5 rings (SSSR count). The van der Waals surface area contributed by atoms with Crippen LogP contribution < -0.4 is 10.6 Å². The van der Waals surface area contributed by atoms with Crippen LogP contribution in [0.5, 0.6) is 5.75 Å². The Bertz CT molecular complexity index is 1450. The molecule has 3 N–H and O–H groups in total. The number of nitrogens with one attached hydrogen (secondary N) is 2. The van der Waals surface area contributed by atoms with Gasteiger partial charge in [-0.05, 0) is 66.9 Å². The third kappa shape index (κ3) is 5.06. The molecule has 8 nitrogen and oxygen atoms in total. The normalized spacial score (nSPS) is 12.8. The molecular formula is C26H21ClFN5O3. The number of pyridine rings is 1. The molecule has 0 saturated heterocycles. The van der Waals surface area contributed by atoms with E-state index >= 15 is 0 Å². The van der Waals surface area contributed by atoms with E-state index in [0.717, 1.165) is 24.1 Å². The maximum absolute atomic E-state index is 13.1. The molecule has 0 aliphatic heterocycles. The second kappa shape index (κ2) is 9.79. The summed E-state index contributed by atoms with van der Waals surface area (Å²) in [7, 11) is 0. The highest BCUT2D eigenvalue weighted by molar-refractivity contribution is 6.33. The summed E-state index contributed by atoms with van der Waals surface area (Å²) in [5, 5.41) is 20.6. The van der Waals surface area contributed by atoms with Crippen LogP contribution in [0.2, 0.25) is 5.15 Å². The molecule has 2 aromatic heterocycles. The number of hydrogen-bond acceptors (Lipinski definition) is 5. The minimum Gasteiger partial charge on any atom is -0.507 e. The van der Waals surface area contributed by atoms with Gasteiger partial charge >= 0.3 is 6.03 Å². The van der Waals surface area contributed by atoms with Crippen LogP contribution in [0.25, 0.3) is 11.3 Å². The van der Waals surface area contributed by atoms with Crippen molar-refractivity contribution in [1.82, 2.24) is 20.1 Å². The lowest BCUT2D eigenvalue weighted by Gasteiger charge is -2.09. The Kier molecular flexibility index (Phi) is 6.39. The second-order valence-electron chi connectivity index (χ2n) is 8.45. The lowest BCUT2D eigenvalue weighted by molar-refractivity contribution is 0.102. The van der Waals surface area contributed by atoms with E-state index in [2.05, 4.69) is 20.7 Å². The zero-order valence-corrected chi connectivity index (χ0v) is 19.7. The fourth-order valence-corrected chi connectivity index (χ4v) is 3.99. The lowest BCUT2D eigenvalue weighted by Crippen LogP contribution is -2.30. The molecule has 0 atom stereocenters. The number of phenols is 1. The van der Waals surface area contributed by atoms with Crippen LogP contribution in [0.4, 0.5) is 14.9 Å². The molecular weight excluding hydrogens is 485 g/mol. The highest BCUT2D eigenvalue weighted by Crippen LogP contribution is 2.42. The van der Waals surface area contributed by atoms with E-state index in [1.54, 1.807) is 42.5 Å². The van der Waals surface area contributed by atoms with Gasteiger partial charge in [0.25, 0.3) is 5.91 Å². The molecule has 0 spiro atoms. The van der Waals surface area contributed by atoms with Gasteiger partial charge in [-0.3, -0.25) is 4.79 Å². The number of carbonyl (C=O) groups excluding carboxylic acids is 2. The average Bonchev–Trinajstić information content (AvgIpc) is 3.63. The largest absolute Gasteiger partial charge is 0.507 e. The van der Waals surface area contributed by atoms with Gasteiger partial charge in [0.05, 0.1) is 17.0 Å². The minimum atomic E-state index is -0.450. The number of hydrogen-bond donors (Lipinski definition) is 3. The summed E-state index contributed by atoms with van der Waals surface area (Å²) in [6.07, 6.45) is 3.36. The van der Waals surface area contributed by atoms with Crippen molar-refractivity contribution in [2.45, 2.75) is 25.3 Å². The third-order valence-electron chi connectivity index (χ3n) is 5.82. The van der Waals surface area contributed by atoms with E-state index < -0.39 is 11.9 Å². The predicted octanol–water partition coefficient (Wildman–Crippen LogP) is 5.33. The van der Waals surface area contributed by atoms with E-state index in [9.17, 15) is 19.1 Å². The Balaban J connectivity index is 1.39. The first-order chi connectivity index (χ1) is 17.4. The van der Waals surface area contributed by atoms with Gasteiger partial charge in [-0.1, -0.05) is 23.7 Å². The zero-order valence-electron chi connectivity index (χ0n) is 18.9. The van der Waals surface area contributed by atoms with Crippen molar-refractivity contribution in [3.05, 3.63) is 94.7 Å². The highest BCUT2D eigenvalue weighted by Gasteiger charge is 2.31. The van der Waals surface area contributed by atoms with Crippen molar-refractivity contribution in [2.24, 2.45) is 0 Å². The molecule has 4 aromatic rings. The number of anilines is 1. The Morgan fingerprint density at radius 2 is 1.89 bits per heavy atom. The van der Waals surface area contributed by atoms with Crippen LogP contribution in [0.1, 0.15) is 40.4 Å². The number of halogens is 2. The molecule has 1 saturated carbocycles. The zero-order chi connectivity index (χ0) is 25.2. The fraction of sp³-hybridized carbons (Fsp3) is 0.154. The number of aromatic nitrogens is 3. The molecule has 0 radical (unpaired) electrons. The molecule has 0 unspecified atom stereocenters. The van der Waals surface area contributed by atoms with Crippen LogP contribution in [0.3, 0.4) is 0 Å². The number of phenolic OH excluding ortho intramolecular Hbond substituents is 1. The predicted molar refractivity (Wildman–Crippen MR) is 133 cm³/mol. The number of carbonyl (C=O) groups is 2. The molecule has 10 heteroatoms. The quantitative estimate of drug-likeness (QED) is 0.242. The molecule has 0 bridgehead atoms. The maximum Gasteiger partial charge on any atom is 0.342 e. The summed E-state index contributed by atoms with van der Waals surface area (Å²) < 4.78 is 14.4. The van der Waals surface area contributed by atoms with Gasteiger partial charge in [-0.15, -0.1) is 0 Å². The first-order valence-corrected chi connectivity index (χ1v) is 11.6. The van der Waals surface area contributed by atoms with E-state index in [1.807, 2.05) is 0 Å². The first-order valence-electron chi connectivity index (χ1n) is 11.3. The third-order valence-corrected chi connectivity index (χ3v) is 6.12. The molecule has 1 aliphatic rings. The monoisotopic (exact) mass is 505 g/mol. The van der Waals surface area contributed by atoms with Gasteiger partial charge in [0.15, 0.2) is 0 Å². The Morgan fingerprint density at radius 1 is 1.11 bits per heavy atom. The van der Waals surface area contributed by atoms with Gasteiger partial charge in [0.2, 0.25) is 0 Å². The van der Waals surface area contributed by atoms with Crippen LogP contribution in [0.15, 0.2) is 66.9 Å². The van der Waals surface area contributed by atoms with Gasteiger partial charge in [-0.25, -0.2) is 14.2 Å². The highest BCUT2D eigenvalue weighted by atomic mass is 35.5. The van der Waals surface area contributed by atoms with Gasteiger partial charge in [0.1, 0.15) is 16.7 Å². The number of amides is 2. The van der Waals surface area contributed by atoms with Crippen molar-refractivity contribution in [3.63, 3.8) is 0 Å². The van der Waals surface area contributed by atoms with Crippen molar-refractivity contribution in [2.75, 3.05) is 5.32 Å². The van der Waals surface area contributed by atoms with Crippen LogP contribution in [-0.2, 0) is 6.54 Å². The molecule has 1 fully saturated rings. The number of aromatic hydroxyl groups is 1. The number of nitrogens with zero attached hydrogens (tertiary/aromatic N) is 3. The van der Waals surface area contributed by atoms with Crippen molar-refractivity contribution in [1.29, 1.82) is 0 Å². The standard InChI is InChI=1S/C26H21ClFN5O3/c27-24-19(2-1-11-29-24)25(35)31-18-9-10-23(34)20(12-18)21-13-22(16-5-6-16)33(32-21)26(36)30-14-15-3-7-17(28)8-4-15/h1-4,7-13,16,34H,5-6,14H2,(H,30,36)(H,31,35). The minimum absolute atomic E-state index is 0.0499. The van der Waals surface area contributed by atoms with E-state index in [4.69, 9.17) is 11.6 Å². The topological polar surface area (TPSA) is 109 Å².